The number of nitrogens with one attached hydrogen (secondary N) is 1. The first-order chi connectivity index (χ1) is 9.06. The van der Waals surface area contributed by atoms with Crippen LogP contribution in [0.1, 0.15) is 35.8 Å². The topological polar surface area (TPSA) is 54.5 Å². The Hall–Kier alpha value is -1.17. The third kappa shape index (κ3) is 3.89. The van der Waals surface area contributed by atoms with Crippen LogP contribution in [0.3, 0.4) is 0 Å². The Bertz CT molecular complexity index is 459. The van der Waals surface area contributed by atoms with Gasteiger partial charge in [-0.05, 0) is 18.1 Å². The number of carbonyl (C=O) groups is 1. The quantitative estimate of drug-likeness (QED) is 0.860. The van der Waals surface area contributed by atoms with Crippen LogP contribution in [-0.4, -0.2) is 42.2 Å². The monoisotopic (exact) mass is 283 g/mol. The molecule has 0 bridgehead atoms. The van der Waals surface area contributed by atoms with Gasteiger partial charge in [-0.15, -0.1) is 0 Å². The molecule has 0 spiro atoms. The van der Waals surface area contributed by atoms with Crippen molar-refractivity contribution < 1.29 is 9.53 Å². The molecule has 6 heteroatoms. The number of carbonyl (C=O) groups excluding carboxylic acids is 1. The minimum absolute atomic E-state index is 0.159. The van der Waals surface area contributed by atoms with E-state index in [1.54, 1.807) is 12.1 Å². The third-order valence-corrected chi connectivity index (χ3v) is 3.13. The maximum atomic E-state index is 12.2. The molecule has 1 aromatic rings. The average molecular weight is 284 g/mol. The number of nitrogens with zero attached hydrogens (tertiary/aromatic N) is 2. The number of pyridine rings is 1. The molecule has 1 fully saturated rings. The van der Waals surface area contributed by atoms with E-state index in [1.165, 1.54) is 0 Å². The molecule has 1 N–H and O–H groups in total. The fourth-order valence-corrected chi connectivity index (χ4v) is 2.04. The van der Waals surface area contributed by atoms with E-state index < -0.39 is 0 Å². The molecular weight excluding hydrogens is 266 g/mol. The highest BCUT2D eigenvalue weighted by molar-refractivity contribution is 6.29. The van der Waals surface area contributed by atoms with Crippen molar-refractivity contribution in [1.82, 2.24) is 15.4 Å². The molecule has 1 saturated heterocycles. The van der Waals surface area contributed by atoms with E-state index in [0.29, 0.717) is 37.0 Å². The van der Waals surface area contributed by atoms with Crippen LogP contribution in [0.4, 0.5) is 0 Å². The standard InChI is InChI=1S/C13H18ClN3O2/c1-9(2)11-7-10(8-12(14)15-11)13(18)16-17-3-5-19-6-4-17/h7-9H,3-6H2,1-2H3,(H,16,18). The second-order valence-electron chi connectivity index (χ2n) is 4.80. The van der Waals surface area contributed by atoms with Crippen LogP contribution in [0.2, 0.25) is 5.15 Å². The maximum Gasteiger partial charge on any atom is 0.265 e. The minimum Gasteiger partial charge on any atom is -0.379 e. The van der Waals surface area contributed by atoms with Crippen molar-refractivity contribution >= 4 is 17.5 Å². The van der Waals surface area contributed by atoms with Gasteiger partial charge in [0.15, 0.2) is 0 Å². The Morgan fingerprint density at radius 2 is 2.11 bits per heavy atom. The second kappa shape index (κ2) is 6.32. The van der Waals surface area contributed by atoms with E-state index in [1.807, 2.05) is 18.9 Å². The molecule has 0 aliphatic carbocycles. The predicted molar refractivity (Wildman–Crippen MR) is 73.2 cm³/mol. The van der Waals surface area contributed by atoms with Crippen molar-refractivity contribution in [2.24, 2.45) is 0 Å². The normalized spacial score (nSPS) is 16.6. The largest absolute Gasteiger partial charge is 0.379 e. The van der Waals surface area contributed by atoms with E-state index in [4.69, 9.17) is 16.3 Å². The summed E-state index contributed by atoms with van der Waals surface area (Å²) in [5.74, 6) is 0.0711. The molecule has 2 rings (SSSR count). The van der Waals surface area contributed by atoms with Crippen molar-refractivity contribution in [2.75, 3.05) is 26.3 Å². The lowest BCUT2D eigenvalue weighted by Crippen LogP contribution is -2.48. The highest BCUT2D eigenvalue weighted by Gasteiger charge is 2.16. The van der Waals surface area contributed by atoms with Crippen molar-refractivity contribution in [2.45, 2.75) is 19.8 Å². The van der Waals surface area contributed by atoms with Crippen LogP contribution in [0.15, 0.2) is 12.1 Å². The second-order valence-corrected chi connectivity index (χ2v) is 5.19. The zero-order valence-electron chi connectivity index (χ0n) is 11.1. The van der Waals surface area contributed by atoms with Gasteiger partial charge in [0.05, 0.1) is 13.2 Å². The molecule has 19 heavy (non-hydrogen) atoms. The molecule has 1 aliphatic heterocycles. The van der Waals surface area contributed by atoms with Crippen molar-refractivity contribution in [3.05, 3.63) is 28.5 Å². The van der Waals surface area contributed by atoms with Crippen molar-refractivity contribution in [3.8, 4) is 0 Å². The summed E-state index contributed by atoms with van der Waals surface area (Å²) in [5, 5.41) is 2.20. The van der Waals surface area contributed by atoms with Gasteiger partial charge < -0.3 is 4.74 Å². The van der Waals surface area contributed by atoms with Crippen LogP contribution >= 0.6 is 11.6 Å². The SMILES string of the molecule is CC(C)c1cc(C(=O)NN2CCOCC2)cc(Cl)n1. The van der Waals surface area contributed by atoms with E-state index in [2.05, 4.69) is 10.4 Å². The first kappa shape index (κ1) is 14.2. The number of ether oxygens (including phenoxy) is 1. The van der Waals surface area contributed by atoms with E-state index in [-0.39, 0.29) is 11.8 Å². The molecule has 0 saturated carbocycles. The molecule has 1 amide bonds. The van der Waals surface area contributed by atoms with Gasteiger partial charge in [-0.2, -0.15) is 0 Å². The molecule has 0 aromatic carbocycles. The number of amides is 1. The fourth-order valence-electron chi connectivity index (χ4n) is 1.83. The van der Waals surface area contributed by atoms with Gasteiger partial charge in [-0.3, -0.25) is 10.2 Å². The Balaban J connectivity index is 2.09. The zero-order valence-corrected chi connectivity index (χ0v) is 11.9. The number of hydrogen-bond acceptors (Lipinski definition) is 4. The first-order valence-corrected chi connectivity index (χ1v) is 6.75. The van der Waals surface area contributed by atoms with Gasteiger partial charge in [0.1, 0.15) is 5.15 Å². The predicted octanol–water partition coefficient (Wildman–Crippen LogP) is 1.84. The molecule has 0 unspecified atom stereocenters. The summed E-state index contributed by atoms with van der Waals surface area (Å²) < 4.78 is 5.23. The smallest absolute Gasteiger partial charge is 0.265 e. The van der Waals surface area contributed by atoms with E-state index >= 15 is 0 Å². The number of halogens is 1. The van der Waals surface area contributed by atoms with Crippen LogP contribution in [-0.2, 0) is 4.74 Å². The van der Waals surface area contributed by atoms with E-state index in [9.17, 15) is 4.79 Å². The zero-order chi connectivity index (χ0) is 13.8. The number of morpholine rings is 1. The molecule has 5 nitrogen and oxygen atoms in total. The molecule has 104 valence electrons. The Morgan fingerprint density at radius 3 is 2.74 bits per heavy atom. The fraction of sp³-hybridized carbons (Fsp3) is 0.538. The Labute approximate surface area is 117 Å². The van der Waals surface area contributed by atoms with Gasteiger partial charge in [-0.1, -0.05) is 25.4 Å². The highest BCUT2D eigenvalue weighted by atomic mass is 35.5. The number of hydrazine groups is 1. The van der Waals surface area contributed by atoms with Gasteiger partial charge >= 0.3 is 0 Å². The van der Waals surface area contributed by atoms with Gasteiger partial charge in [0, 0.05) is 24.3 Å². The van der Waals surface area contributed by atoms with E-state index in [0.717, 1.165) is 5.69 Å². The molecule has 0 radical (unpaired) electrons. The lowest BCUT2D eigenvalue weighted by molar-refractivity contribution is 0.0126. The lowest BCUT2D eigenvalue weighted by atomic mass is 10.1. The van der Waals surface area contributed by atoms with Crippen molar-refractivity contribution in [3.63, 3.8) is 0 Å². The molecule has 2 heterocycles. The van der Waals surface area contributed by atoms with Gasteiger partial charge in [-0.25, -0.2) is 9.99 Å². The van der Waals surface area contributed by atoms with Gasteiger partial charge in [0.25, 0.3) is 5.91 Å². The Kier molecular flexibility index (Phi) is 4.74. The number of aromatic nitrogens is 1. The number of hydrogen-bond donors (Lipinski definition) is 1. The highest BCUT2D eigenvalue weighted by Crippen LogP contribution is 2.17. The molecule has 1 aliphatic rings. The summed E-state index contributed by atoms with van der Waals surface area (Å²) in [6.07, 6.45) is 0. The van der Waals surface area contributed by atoms with Crippen LogP contribution < -0.4 is 5.43 Å². The van der Waals surface area contributed by atoms with Crippen LogP contribution in [0.5, 0.6) is 0 Å². The molecule has 0 atom stereocenters. The first-order valence-electron chi connectivity index (χ1n) is 6.37. The summed E-state index contributed by atoms with van der Waals surface area (Å²) in [7, 11) is 0. The lowest BCUT2D eigenvalue weighted by Gasteiger charge is -2.27. The molecular formula is C13H18ClN3O2. The average Bonchev–Trinajstić information content (AvgIpc) is 2.39. The van der Waals surface area contributed by atoms with Crippen LogP contribution in [0, 0.1) is 0 Å². The summed E-state index contributed by atoms with van der Waals surface area (Å²) in [6, 6.07) is 3.37. The Morgan fingerprint density at radius 1 is 1.42 bits per heavy atom. The third-order valence-electron chi connectivity index (χ3n) is 2.94. The van der Waals surface area contributed by atoms with Gasteiger partial charge in [0.2, 0.25) is 0 Å². The minimum atomic E-state index is -0.159. The maximum absolute atomic E-state index is 12.2. The number of rotatable bonds is 3. The summed E-state index contributed by atoms with van der Waals surface area (Å²) in [4.78, 5) is 16.4. The molecule has 1 aromatic heterocycles. The van der Waals surface area contributed by atoms with Crippen molar-refractivity contribution in [1.29, 1.82) is 0 Å². The summed E-state index contributed by atoms with van der Waals surface area (Å²) >= 11 is 5.96. The summed E-state index contributed by atoms with van der Waals surface area (Å²) in [5.41, 5.74) is 4.21. The summed E-state index contributed by atoms with van der Waals surface area (Å²) in [6.45, 7) is 6.69. The van der Waals surface area contributed by atoms with Crippen LogP contribution in [0.25, 0.3) is 0 Å².